The van der Waals surface area contributed by atoms with Gasteiger partial charge in [-0.3, -0.25) is 4.84 Å². The SMILES string of the molecule is CC1(C)CCc2sc(-c3cc(C#N)ccc3CON)c(C(=O)O)c2C1. The molecule has 0 amide bonds. The molecule has 1 aliphatic carbocycles. The van der Waals surface area contributed by atoms with Gasteiger partial charge in [0.05, 0.1) is 23.8 Å². The number of nitrogens with two attached hydrogens (primary N) is 1. The van der Waals surface area contributed by atoms with Crippen LogP contribution >= 0.6 is 11.3 Å². The number of aromatic carboxylic acids is 1. The molecule has 0 atom stereocenters. The average Bonchev–Trinajstić information content (AvgIpc) is 2.92. The molecule has 0 unspecified atom stereocenters. The Labute approximate surface area is 150 Å². The Morgan fingerprint density at radius 3 is 2.88 bits per heavy atom. The molecule has 5 nitrogen and oxygen atoms in total. The third-order valence-electron chi connectivity index (χ3n) is 4.71. The molecule has 0 saturated carbocycles. The molecule has 25 heavy (non-hydrogen) atoms. The van der Waals surface area contributed by atoms with E-state index in [-0.39, 0.29) is 12.0 Å². The summed E-state index contributed by atoms with van der Waals surface area (Å²) in [6.45, 7) is 4.50. The summed E-state index contributed by atoms with van der Waals surface area (Å²) in [6.07, 6.45) is 2.67. The number of benzene rings is 1. The second kappa shape index (κ2) is 6.60. The third-order valence-corrected chi connectivity index (χ3v) is 6.04. The first kappa shape index (κ1) is 17.6. The lowest BCUT2D eigenvalue weighted by molar-refractivity contribution is 0.0696. The van der Waals surface area contributed by atoms with Gasteiger partial charge in [0, 0.05) is 9.75 Å². The third kappa shape index (κ3) is 3.31. The summed E-state index contributed by atoms with van der Waals surface area (Å²) in [7, 11) is 0. The molecule has 3 rings (SSSR count). The molecule has 2 aromatic rings. The van der Waals surface area contributed by atoms with E-state index in [4.69, 9.17) is 10.7 Å². The maximum absolute atomic E-state index is 12.0. The Kier molecular flexibility index (Phi) is 4.65. The summed E-state index contributed by atoms with van der Waals surface area (Å²) in [5.74, 6) is 4.31. The largest absolute Gasteiger partial charge is 0.478 e. The molecule has 1 aromatic carbocycles. The van der Waals surface area contributed by atoms with Crippen LogP contribution in [0.4, 0.5) is 0 Å². The van der Waals surface area contributed by atoms with Crippen molar-refractivity contribution < 1.29 is 14.7 Å². The van der Waals surface area contributed by atoms with E-state index in [2.05, 4.69) is 19.9 Å². The Hall–Kier alpha value is -2.20. The summed E-state index contributed by atoms with van der Waals surface area (Å²) in [5.41, 5.74) is 3.37. The quantitative estimate of drug-likeness (QED) is 0.810. The lowest BCUT2D eigenvalue weighted by atomic mass is 9.76. The number of carbonyl (C=O) groups is 1. The highest BCUT2D eigenvalue weighted by atomic mass is 32.1. The van der Waals surface area contributed by atoms with Crippen LogP contribution in [0.1, 0.15) is 52.2 Å². The number of aryl methyl sites for hydroxylation is 1. The van der Waals surface area contributed by atoms with Gasteiger partial charge in [0.1, 0.15) is 0 Å². The van der Waals surface area contributed by atoms with E-state index >= 15 is 0 Å². The molecule has 6 heteroatoms. The monoisotopic (exact) mass is 356 g/mol. The molecule has 0 bridgehead atoms. The van der Waals surface area contributed by atoms with E-state index in [0.29, 0.717) is 16.0 Å². The first-order chi connectivity index (χ1) is 11.9. The maximum Gasteiger partial charge on any atom is 0.337 e. The molecule has 1 aromatic heterocycles. The smallest absolute Gasteiger partial charge is 0.337 e. The zero-order chi connectivity index (χ0) is 18.2. The van der Waals surface area contributed by atoms with Crippen molar-refractivity contribution in [3.05, 3.63) is 45.3 Å². The normalized spacial score (nSPS) is 15.4. The lowest BCUT2D eigenvalue weighted by Gasteiger charge is -2.29. The van der Waals surface area contributed by atoms with E-state index in [1.54, 1.807) is 18.2 Å². The first-order valence-electron chi connectivity index (χ1n) is 8.09. The summed E-state index contributed by atoms with van der Waals surface area (Å²) >= 11 is 1.52. The topological polar surface area (TPSA) is 96.3 Å². The molecule has 1 aliphatic rings. The number of carboxylic acids is 1. The standard InChI is InChI=1S/C19H20N2O3S/c1-19(2)6-5-15-14(8-19)16(18(22)23)17(25-15)13-7-11(9-20)3-4-12(13)10-24-21/h3-4,7H,5-6,8,10,21H2,1-2H3,(H,22,23). The number of nitriles is 1. The van der Waals surface area contributed by atoms with Gasteiger partial charge >= 0.3 is 5.97 Å². The van der Waals surface area contributed by atoms with Gasteiger partial charge < -0.3 is 5.11 Å². The lowest BCUT2D eigenvalue weighted by Crippen LogP contribution is -2.22. The van der Waals surface area contributed by atoms with E-state index in [1.165, 1.54) is 11.3 Å². The van der Waals surface area contributed by atoms with Gasteiger partial charge in [0.2, 0.25) is 0 Å². The van der Waals surface area contributed by atoms with Crippen molar-refractivity contribution in [2.45, 2.75) is 39.7 Å². The second-order valence-corrected chi connectivity index (χ2v) is 8.25. The highest BCUT2D eigenvalue weighted by Crippen LogP contribution is 2.45. The van der Waals surface area contributed by atoms with Crippen molar-refractivity contribution in [1.29, 1.82) is 5.26 Å². The number of thiophene rings is 1. The highest BCUT2D eigenvalue weighted by Gasteiger charge is 2.33. The van der Waals surface area contributed by atoms with Gasteiger partial charge in [0.25, 0.3) is 0 Å². The molecule has 0 fully saturated rings. The van der Waals surface area contributed by atoms with Crippen LogP contribution < -0.4 is 5.90 Å². The molecule has 0 spiro atoms. The first-order valence-corrected chi connectivity index (χ1v) is 8.91. The average molecular weight is 356 g/mol. The Balaban J connectivity index is 2.24. The molecule has 0 aliphatic heterocycles. The predicted molar refractivity (Wildman–Crippen MR) is 96.2 cm³/mol. The van der Waals surface area contributed by atoms with Crippen LogP contribution in [-0.2, 0) is 24.3 Å². The minimum Gasteiger partial charge on any atom is -0.478 e. The van der Waals surface area contributed by atoms with E-state index in [1.807, 2.05) is 0 Å². The summed E-state index contributed by atoms with van der Waals surface area (Å²) in [4.78, 5) is 18.6. The molecule has 1 heterocycles. The minimum absolute atomic E-state index is 0.0905. The maximum atomic E-state index is 12.0. The summed E-state index contributed by atoms with van der Waals surface area (Å²) in [5, 5.41) is 19.1. The second-order valence-electron chi connectivity index (χ2n) is 7.15. The van der Waals surface area contributed by atoms with Crippen molar-refractivity contribution in [2.24, 2.45) is 11.3 Å². The Morgan fingerprint density at radius 1 is 1.48 bits per heavy atom. The molecule has 130 valence electrons. The van der Waals surface area contributed by atoms with Crippen LogP contribution in [0.2, 0.25) is 0 Å². The van der Waals surface area contributed by atoms with Gasteiger partial charge in [0.15, 0.2) is 0 Å². The number of hydrogen-bond donors (Lipinski definition) is 2. The zero-order valence-corrected chi connectivity index (χ0v) is 15.1. The van der Waals surface area contributed by atoms with Crippen LogP contribution in [0, 0.1) is 16.7 Å². The van der Waals surface area contributed by atoms with E-state index < -0.39 is 5.97 Å². The highest BCUT2D eigenvalue weighted by molar-refractivity contribution is 7.16. The van der Waals surface area contributed by atoms with Crippen LogP contribution in [0.25, 0.3) is 10.4 Å². The van der Waals surface area contributed by atoms with Gasteiger partial charge in [-0.25, -0.2) is 10.7 Å². The number of fused-ring (bicyclic) bond motifs is 1. The van der Waals surface area contributed by atoms with Crippen molar-refractivity contribution in [3.8, 4) is 16.5 Å². The van der Waals surface area contributed by atoms with Crippen LogP contribution in [0.5, 0.6) is 0 Å². The van der Waals surface area contributed by atoms with Crippen LogP contribution in [0.3, 0.4) is 0 Å². The van der Waals surface area contributed by atoms with Gasteiger partial charge in [-0.05, 0) is 53.5 Å². The molecule has 3 N–H and O–H groups in total. The van der Waals surface area contributed by atoms with Crippen molar-refractivity contribution in [1.82, 2.24) is 0 Å². The van der Waals surface area contributed by atoms with E-state index in [9.17, 15) is 15.2 Å². The fraction of sp³-hybridized carbons (Fsp3) is 0.368. The van der Waals surface area contributed by atoms with Crippen molar-refractivity contribution >= 4 is 17.3 Å². The minimum atomic E-state index is -0.924. The number of carboxylic acid groups (broad SMARTS) is 1. The van der Waals surface area contributed by atoms with Gasteiger partial charge in [-0.15, -0.1) is 11.3 Å². The molecule has 0 saturated heterocycles. The van der Waals surface area contributed by atoms with E-state index in [0.717, 1.165) is 40.8 Å². The fourth-order valence-corrected chi connectivity index (χ4v) is 4.77. The van der Waals surface area contributed by atoms with Crippen molar-refractivity contribution in [3.63, 3.8) is 0 Å². The van der Waals surface area contributed by atoms with Crippen LogP contribution in [-0.4, -0.2) is 11.1 Å². The fourth-order valence-electron chi connectivity index (χ4n) is 3.41. The summed E-state index contributed by atoms with van der Waals surface area (Å²) in [6, 6.07) is 7.30. The van der Waals surface area contributed by atoms with Gasteiger partial charge in [-0.1, -0.05) is 19.9 Å². The Morgan fingerprint density at radius 2 is 2.24 bits per heavy atom. The number of rotatable bonds is 4. The molecule has 0 radical (unpaired) electrons. The van der Waals surface area contributed by atoms with Gasteiger partial charge in [-0.2, -0.15) is 5.26 Å². The zero-order valence-electron chi connectivity index (χ0n) is 14.3. The van der Waals surface area contributed by atoms with Crippen molar-refractivity contribution in [2.75, 3.05) is 0 Å². The number of hydrogen-bond acceptors (Lipinski definition) is 5. The number of nitrogens with zero attached hydrogens (tertiary/aromatic N) is 1. The molecular formula is C19H20N2O3S. The summed E-state index contributed by atoms with van der Waals surface area (Å²) < 4.78 is 0. The molecular weight excluding hydrogens is 336 g/mol. The van der Waals surface area contributed by atoms with Crippen LogP contribution in [0.15, 0.2) is 18.2 Å². The predicted octanol–water partition coefficient (Wildman–Crippen LogP) is 3.89. The Bertz CT molecular complexity index is 878.